The van der Waals surface area contributed by atoms with Crippen LogP contribution in [0.3, 0.4) is 0 Å². The van der Waals surface area contributed by atoms with Crippen LogP contribution < -0.4 is 10.6 Å². The highest BCUT2D eigenvalue weighted by Crippen LogP contribution is 2.19. The van der Waals surface area contributed by atoms with Crippen LogP contribution in [0.1, 0.15) is 22.4 Å². The van der Waals surface area contributed by atoms with Crippen molar-refractivity contribution in [2.45, 2.75) is 26.6 Å². The molecule has 0 unspecified atom stereocenters. The van der Waals surface area contributed by atoms with Crippen molar-refractivity contribution >= 4 is 5.96 Å². The van der Waals surface area contributed by atoms with E-state index in [0.29, 0.717) is 19.0 Å². The summed E-state index contributed by atoms with van der Waals surface area (Å²) in [4.78, 5) is 11.3. The number of rotatable bonds is 7. The zero-order valence-electron chi connectivity index (χ0n) is 18.8. The summed E-state index contributed by atoms with van der Waals surface area (Å²) in [7, 11) is 1.77. The molecule has 1 fully saturated rings. The molecule has 0 atom stereocenters. The number of benzene rings is 2. The molecule has 7 heteroatoms. The number of oxazole rings is 1. The Morgan fingerprint density at radius 3 is 2.38 bits per heavy atom. The molecule has 0 saturated carbocycles. The fourth-order valence-electron chi connectivity index (χ4n) is 3.58. The summed E-state index contributed by atoms with van der Waals surface area (Å²) in [6.45, 7) is 7.94. The Bertz CT molecular complexity index is 1010. The third-order valence-corrected chi connectivity index (χ3v) is 5.50. The van der Waals surface area contributed by atoms with Crippen LogP contribution in [-0.2, 0) is 24.4 Å². The molecule has 7 nitrogen and oxygen atoms in total. The zero-order valence-corrected chi connectivity index (χ0v) is 18.8. The molecule has 0 amide bonds. The lowest BCUT2D eigenvalue weighted by atomic mass is 10.1. The molecule has 0 radical (unpaired) electrons. The van der Waals surface area contributed by atoms with Gasteiger partial charge in [-0.2, -0.15) is 0 Å². The summed E-state index contributed by atoms with van der Waals surface area (Å²) in [6, 6.07) is 16.9. The average molecular weight is 434 g/mol. The standard InChI is InChI=1S/C25H31N5O2/c1-19-3-9-22(10-4-19)24-29-23(18-32-24)16-28-25(26-2)27-15-20-5-7-21(8-6-20)17-30-11-13-31-14-12-30/h3-10,18H,11-17H2,1-2H3,(H2,26,27,28). The molecule has 1 saturated heterocycles. The van der Waals surface area contributed by atoms with Gasteiger partial charge in [-0.3, -0.25) is 9.89 Å². The van der Waals surface area contributed by atoms with Crippen molar-refractivity contribution in [3.8, 4) is 11.5 Å². The van der Waals surface area contributed by atoms with Crippen LogP contribution in [0, 0.1) is 6.92 Å². The first-order chi connectivity index (χ1) is 15.7. The number of aromatic nitrogens is 1. The van der Waals surface area contributed by atoms with Gasteiger partial charge in [0.25, 0.3) is 0 Å². The van der Waals surface area contributed by atoms with Crippen LogP contribution in [0.2, 0.25) is 0 Å². The van der Waals surface area contributed by atoms with Gasteiger partial charge in [0, 0.05) is 38.8 Å². The quantitative estimate of drug-likeness (QED) is 0.440. The highest BCUT2D eigenvalue weighted by molar-refractivity contribution is 5.79. The Hall–Kier alpha value is -3.16. The van der Waals surface area contributed by atoms with Gasteiger partial charge >= 0.3 is 0 Å². The van der Waals surface area contributed by atoms with Crippen LogP contribution in [0.4, 0.5) is 0 Å². The monoisotopic (exact) mass is 433 g/mol. The number of nitrogens with one attached hydrogen (secondary N) is 2. The summed E-state index contributed by atoms with van der Waals surface area (Å²) in [5, 5.41) is 6.65. The Morgan fingerprint density at radius 1 is 0.969 bits per heavy atom. The predicted octanol–water partition coefficient (Wildman–Crippen LogP) is 3.35. The van der Waals surface area contributed by atoms with Crippen molar-refractivity contribution in [3.63, 3.8) is 0 Å². The van der Waals surface area contributed by atoms with Crippen molar-refractivity contribution in [2.24, 2.45) is 4.99 Å². The Morgan fingerprint density at radius 2 is 1.66 bits per heavy atom. The lowest BCUT2D eigenvalue weighted by Crippen LogP contribution is -2.36. The van der Waals surface area contributed by atoms with E-state index >= 15 is 0 Å². The molecule has 3 aromatic rings. The molecular formula is C25H31N5O2. The molecule has 0 bridgehead atoms. The molecule has 1 aliphatic rings. The van der Waals surface area contributed by atoms with E-state index in [0.717, 1.165) is 50.1 Å². The molecule has 1 aliphatic heterocycles. The summed E-state index contributed by atoms with van der Waals surface area (Å²) >= 11 is 0. The molecule has 168 valence electrons. The topological polar surface area (TPSA) is 74.9 Å². The van der Waals surface area contributed by atoms with Gasteiger partial charge in [0.2, 0.25) is 5.89 Å². The zero-order chi connectivity index (χ0) is 22.2. The molecule has 2 aromatic carbocycles. The van der Waals surface area contributed by atoms with Gasteiger partial charge in [-0.25, -0.2) is 4.98 Å². The lowest BCUT2D eigenvalue weighted by molar-refractivity contribution is 0.0342. The van der Waals surface area contributed by atoms with Gasteiger partial charge in [0.05, 0.1) is 25.5 Å². The largest absolute Gasteiger partial charge is 0.444 e. The lowest BCUT2D eigenvalue weighted by Gasteiger charge is -2.26. The number of aliphatic imine (C=N–C) groups is 1. The number of nitrogens with zero attached hydrogens (tertiary/aromatic N) is 3. The van der Waals surface area contributed by atoms with E-state index in [-0.39, 0.29) is 0 Å². The van der Waals surface area contributed by atoms with Crippen molar-refractivity contribution < 1.29 is 9.15 Å². The Kier molecular flexibility index (Phi) is 7.53. The number of ether oxygens (including phenoxy) is 1. The van der Waals surface area contributed by atoms with Crippen LogP contribution in [0.5, 0.6) is 0 Å². The number of aryl methyl sites for hydroxylation is 1. The minimum atomic E-state index is 0.535. The van der Waals surface area contributed by atoms with E-state index in [1.165, 1.54) is 16.7 Å². The van der Waals surface area contributed by atoms with Gasteiger partial charge in [0.1, 0.15) is 6.26 Å². The second kappa shape index (κ2) is 10.9. The highest BCUT2D eigenvalue weighted by Gasteiger charge is 2.11. The number of guanidine groups is 1. The second-order valence-electron chi connectivity index (χ2n) is 7.99. The number of hydrogen-bond acceptors (Lipinski definition) is 5. The summed E-state index contributed by atoms with van der Waals surface area (Å²) in [5.74, 6) is 1.35. The molecular weight excluding hydrogens is 402 g/mol. The predicted molar refractivity (Wildman–Crippen MR) is 126 cm³/mol. The van der Waals surface area contributed by atoms with Gasteiger partial charge in [-0.05, 0) is 30.2 Å². The number of morpholine rings is 1. The summed E-state index contributed by atoms with van der Waals surface area (Å²) < 4.78 is 11.0. The molecule has 4 rings (SSSR count). The normalized spacial score (nSPS) is 15.0. The SMILES string of the molecule is CN=C(NCc1ccc(CN2CCOCC2)cc1)NCc1coc(-c2ccc(C)cc2)n1. The minimum Gasteiger partial charge on any atom is -0.444 e. The highest BCUT2D eigenvalue weighted by atomic mass is 16.5. The van der Waals surface area contributed by atoms with Crippen molar-refractivity contribution in [2.75, 3.05) is 33.4 Å². The van der Waals surface area contributed by atoms with Crippen LogP contribution in [-0.4, -0.2) is 49.2 Å². The Balaban J connectivity index is 1.24. The fraction of sp³-hybridized carbons (Fsp3) is 0.360. The van der Waals surface area contributed by atoms with Crippen molar-refractivity contribution in [1.82, 2.24) is 20.5 Å². The number of hydrogen-bond donors (Lipinski definition) is 2. The molecule has 0 spiro atoms. The van der Waals surface area contributed by atoms with E-state index in [9.17, 15) is 0 Å². The van der Waals surface area contributed by atoms with E-state index in [1.54, 1.807) is 13.3 Å². The van der Waals surface area contributed by atoms with E-state index in [1.807, 2.05) is 12.1 Å². The Labute approximate surface area is 189 Å². The van der Waals surface area contributed by atoms with Crippen molar-refractivity contribution in [1.29, 1.82) is 0 Å². The second-order valence-corrected chi connectivity index (χ2v) is 7.99. The van der Waals surface area contributed by atoms with Crippen LogP contribution in [0.15, 0.2) is 64.2 Å². The smallest absolute Gasteiger partial charge is 0.226 e. The van der Waals surface area contributed by atoms with Gasteiger partial charge in [0.15, 0.2) is 5.96 Å². The van der Waals surface area contributed by atoms with Crippen LogP contribution in [0.25, 0.3) is 11.5 Å². The third kappa shape index (κ3) is 6.18. The molecule has 2 N–H and O–H groups in total. The maximum Gasteiger partial charge on any atom is 0.226 e. The van der Waals surface area contributed by atoms with Gasteiger partial charge in [-0.15, -0.1) is 0 Å². The van der Waals surface area contributed by atoms with E-state index in [4.69, 9.17) is 9.15 Å². The third-order valence-electron chi connectivity index (χ3n) is 5.50. The maximum absolute atomic E-state index is 5.63. The van der Waals surface area contributed by atoms with E-state index in [2.05, 4.69) is 68.8 Å². The maximum atomic E-state index is 5.63. The van der Waals surface area contributed by atoms with Crippen molar-refractivity contribution in [3.05, 3.63) is 77.2 Å². The van der Waals surface area contributed by atoms with E-state index < -0.39 is 0 Å². The first-order valence-electron chi connectivity index (χ1n) is 11.0. The summed E-state index contributed by atoms with van der Waals surface area (Å²) in [6.07, 6.45) is 1.68. The average Bonchev–Trinajstić information content (AvgIpc) is 3.30. The first-order valence-corrected chi connectivity index (χ1v) is 11.0. The summed E-state index contributed by atoms with van der Waals surface area (Å²) in [5.41, 5.74) is 5.55. The minimum absolute atomic E-state index is 0.535. The molecule has 32 heavy (non-hydrogen) atoms. The molecule has 1 aromatic heterocycles. The fourth-order valence-corrected chi connectivity index (χ4v) is 3.58. The molecule has 2 heterocycles. The van der Waals surface area contributed by atoms with Gasteiger partial charge < -0.3 is 19.8 Å². The van der Waals surface area contributed by atoms with Crippen LogP contribution >= 0.6 is 0 Å². The van der Waals surface area contributed by atoms with Gasteiger partial charge in [-0.1, -0.05) is 42.0 Å². The molecule has 0 aliphatic carbocycles. The first kappa shape index (κ1) is 22.0.